The monoisotopic (exact) mass is 264 g/mol. The second-order valence-electron chi connectivity index (χ2n) is 4.14. The quantitative estimate of drug-likeness (QED) is 0.832. The van der Waals surface area contributed by atoms with Gasteiger partial charge >= 0.3 is 0 Å². The van der Waals surface area contributed by atoms with Crippen LogP contribution in [0.25, 0.3) is 0 Å². The lowest BCUT2D eigenvalue weighted by Gasteiger charge is -2.29. The Labute approximate surface area is 111 Å². The number of rotatable bonds is 3. The number of hydrogen-bond acceptors (Lipinski definition) is 3. The fraction of sp³-hybridized carbons (Fsp3) is 0.385. The Hall–Kier alpha value is -1.49. The summed E-state index contributed by atoms with van der Waals surface area (Å²) in [5, 5.41) is 0. The molecule has 0 unspecified atom stereocenters. The molecule has 0 spiro atoms. The van der Waals surface area contributed by atoms with Gasteiger partial charge in [0.25, 0.3) is 0 Å². The number of amides is 2. The number of carbonyl (C=O) groups is 2. The van der Waals surface area contributed by atoms with Crippen LogP contribution in [0.3, 0.4) is 0 Å². The molecule has 1 aliphatic rings. The number of para-hydroxylation sites is 1. The molecule has 1 aromatic carbocycles. The minimum atomic E-state index is -0.0347. The molecule has 0 bridgehead atoms. The van der Waals surface area contributed by atoms with Crippen LogP contribution in [0.2, 0.25) is 0 Å². The van der Waals surface area contributed by atoms with Crippen LogP contribution in [-0.4, -0.2) is 42.6 Å². The summed E-state index contributed by atoms with van der Waals surface area (Å²) in [7, 11) is 1.75. The van der Waals surface area contributed by atoms with E-state index >= 15 is 0 Å². The number of carbonyl (C=O) groups excluding carboxylic acids is 2. The first-order valence-corrected chi connectivity index (χ1v) is 6.88. The highest BCUT2D eigenvalue weighted by Gasteiger charge is 2.26. The number of thioether (sulfide) groups is 1. The third-order valence-electron chi connectivity index (χ3n) is 3.00. The van der Waals surface area contributed by atoms with Crippen LogP contribution in [0, 0.1) is 0 Å². The molecular weight excluding hydrogens is 248 g/mol. The van der Waals surface area contributed by atoms with Gasteiger partial charge in [-0.2, -0.15) is 0 Å². The van der Waals surface area contributed by atoms with E-state index in [1.54, 1.807) is 16.8 Å². The Morgan fingerprint density at radius 2 is 2.17 bits per heavy atom. The average molecular weight is 264 g/mol. The normalized spacial score (nSPS) is 14.3. The molecule has 96 valence electrons. The van der Waals surface area contributed by atoms with Gasteiger partial charge < -0.3 is 9.80 Å². The number of benzene rings is 1. The Kier molecular flexibility index (Phi) is 3.91. The zero-order valence-corrected chi connectivity index (χ0v) is 11.4. The molecule has 1 heterocycles. The molecule has 0 N–H and O–H groups in total. The van der Waals surface area contributed by atoms with Gasteiger partial charge in [-0.05, 0) is 19.1 Å². The van der Waals surface area contributed by atoms with Crippen molar-refractivity contribution in [1.29, 1.82) is 0 Å². The van der Waals surface area contributed by atoms with E-state index in [0.717, 1.165) is 10.6 Å². The van der Waals surface area contributed by atoms with Gasteiger partial charge in [-0.15, -0.1) is 11.8 Å². The van der Waals surface area contributed by atoms with Gasteiger partial charge in [0.05, 0.1) is 11.4 Å². The Bertz CT molecular complexity index is 476. The number of anilines is 1. The molecule has 4 nitrogen and oxygen atoms in total. The molecular formula is C13H16N2O2S. The molecule has 0 fully saturated rings. The van der Waals surface area contributed by atoms with Crippen molar-refractivity contribution in [2.75, 3.05) is 30.8 Å². The summed E-state index contributed by atoms with van der Waals surface area (Å²) in [6.45, 7) is 2.69. The summed E-state index contributed by atoms with van der Waals surface area (Å²) >= 11 is 1.53. The van der Waals surface area contributed by atoms with Gasteiger partial charge in [-0.25, -0.2) is 0 Å². The fourth-order valence-electron chi connectivity index (χ4n) is 1.76. The van der Waals surface area contributed by atoms with Crippen molar-refractivity contribution in [3.05, 3.63) is 24.3 Å². The Balaban J connectivity index is 2.22. The third kappa shape index (κ3) is 2.51. The van der Waals surface area contributed by atoms with E-state index < -0.39 is 0 Å². The largest absolute Gasteiger partial charge is 0.344 e. The molecule has 0 radical (unpaired) electrons. The summed E-state index contributed by atoms with van der Waals surface area (Å²) < 4.78 is 0. The summed E-state index contributed by atoms with van der Waals surface area (Å²) in [5.41, 5.74) is 0.844. The van der Waals surface area contributed by atoms with Crippen molar-refractivity contribution in [2.45, 2.75) is 11.8 Å². The lowest BCUT2D eigenvalue weighted by Crippen LogP contribution is -2.43. The second-order valence-corrected chi connectivity index (χ2v) is 5.16. The Morgan fingerprint density at radius 3 is 2.89 bits per heavy atom. The van der Waals surface area contributed by atoms with Crippen LogP contribution < -0.4 is 4.90 Å². The van der Waals surface area contributed by atoms with Crippen molar-refractivity contribution >= 4 is 29.3 Å². The van der Waals surface area contributed by atoms with Crippen molar-refractivity contribution in [3.8, 4) is 0 Å². The van der Waals surface area contributed by atoms with E-state index in [9.17, 15) is 9.59 Å². The molecule has 0 saturated heterocycles. The van der Waals surface area contributed by atoms with Crippen LogP contribution in [0.1, 0.15) is 6.92 Å². The van der Waals surface area contributed by atoms with E-state index in [1.165, 1.54) is 11.8 Å². The van der Waals surface area contributed by atoms with E-state index in [1.807, 2.05) is 31.2 Å². The van der Waals surface area contributed by atoms with Gasteiger partial charge in [-0.3, -0.25) is 9.59 Å². The van der Waals surface area contributed by atoms with Gasteiger partial charge in [0, 0.05) is 18.5 Å². The second kappa shape index (κ2) is 5.44. The lowest BCUT2D eigenvalue weighted by atomic mass is 10.2. The van der Waals surface area contributed by atoms with Crippen LogP contribution in [0.5, 0.6) is 0 Å². The van der Waals surface area contributed by atoms with E-state index in [4.69, 9.17) is 0 Å². The first-order valence-electron chi connectivity index (χ1n) is 5.89. The SMILES string of the molecule is CCN(C)C(=O)CN1C(=O)CSc2ccccc21. The predicted molar refractivity (Wildman–Crippen MR) is 72.8 cm³/mol. The van der Waals surface area contributed by atoms with Crippen LogP contribution in [0.4, 0.5) is 5.69 Å². The van der Waals surface area contributed by atoms with Gasteiger partial charge in [0.15, 0.2) is 0 Å². The maximum Gasteiger partial charge on any atom is 0.242 e. The van der Waals surface area contributed by atoms with Crippen molar-refractivity contribution < 1.29 is 9.59 Å². The van der Waals surface area contributed by atoms with E-state index in [0.29, 0.717) is 12.3 Å². The van der Waals surface area contributed by atoms with Crippen molar-refractivity contribution in [3.63, 3.8) is 0 Å². The summed E-state index contributed by atoms with van der Waals surface area (Å²) in [5.74, 6) is 0.365. The molecule has 1 aromatic rings. The number of hydrogen-bond donors (Lipinski definition) is 0. The summed E-state index contributed by atoms with van der Waals surface area (Å²) in [6.07, 6.45) is 0. The molecule has 0 saturated carbocycles. The fourth-order valence-corrected chi connectivity index (χ4v) is 2.70. The van der Waals surface area contributed by atoms with Crippen molar-refractivity contribution in [1.82, 2.24) is 4.90 Å². The molecule has 18 heavy (non-hydrogen) atoms. The molecule has 5 heteroatoms. The van der Waals surface area contributed by atoms with E-state index in [2.05, 4.69) is 0 Å². The van der Waals surface area contributed by atoms with Gasteiger partial charge in [0.1, 0.15) is 6.54 Å². The molecule has 0 atom stereocenters. The highest BCUT2D eigenvalue weighted by Crippen LogP contribution is 2.34. The minimum Gasteiger partial charge on any atom is -0.344 e. The lowest BCUT2D eigenvalue weighted by molar-refractivity contribution is -0.129. The predicted octanol–water partition coefficient (Wildman–Crippen LogP) is 1.60. The van der Waals surface area contributed by atoms with Gasteiger partial charge in [0.2, 0.25) is 11.8 Å². The standard InChI is InChI=1S/C13H16N2O2S/c1-3-14(2)12(16)8-15-10-6-4-5-7-11(10)18-9-13(15)17/h4-7H,3,8-9H2,1-2H3. The average Bonchev–Trinajstić information content (AvgIpc) is 2.41. The summed E-state index contributed by atoms with van der Waals surface area (Å²) in [6, 6.07) is 7.70. The zero-order valence-electron chi connectivity index (χ0n) is 10.5. The minimum absolute atomic E-state index is 0.00319. The molecule has 0 aromatic heterocycles. The van der Waals surface area contributed by atoms with Gasteiger partial charge in [-0.1, -0.05) is 12.1 Å². The van der Waals surface area contributed by atoms with Crippen LogP contribution in [-0.2, 0) is 9.59 Å². The molecule has 2 amide bonds. The molecule has 0 aliphatic carbocycles. The topological polar surface area (TPSA) is 40.6 Å². The Morgan fingerprint density at radius 1 is 1.44 bits per heavy atom. The number of likely N-dealkylation sites (N-methyl/N-ethyl adjacent to an activating group) is 1. The van der Waals surface area contributed by atoms with Crippen LogP contribution >= 0.6 is 11.8 Å². The maximum absolute atomic E-state index is 11.9. The number of fused-ring (bicyclic) bond motifs is 1. The van der Waals surface area contributed by atoms with Crippen LogP contribution in [0.15, 0.2) is 29.2 Å². The smallest absolute Gasteiger partial charge is 0.242 e. The maximum atomic E-state index is 11.9. The highest BCUT2D eigenvalue weighted by atomic mass is 32.2. The highest BCUT2D eigenvalue weighted by molar-refractivity contribution is 8.00. The number of nitrogens with zero attached hydrogens (tertiary/aromatic N) is 2. The third-order valence-corrected chi connectivity index (χ3v) is 4.05. The van der Waals surface area contributed by atoms with E-state index in [-0.39, 0.29) is 18.4 Å². The first-order chi connectivity index (χ1) is 8.63. The van der Waals surface area contributed by atoms with Crippen molar-refractivity contribution in [2.24, 2.45) is 0 Å². The summed E-state index contributed by atoms with van der Waals surface area (Å²) in [4.78, 5) is 28.1. The molecule has 1 aliphatic heterocycles. The zero-order chi connectivity index (χ0) is 13.1. The molecule has 2 rings (SSSR count). The first kappa shape index (κ1) is 13.0.